The fourth-order valence-electron chi connectivity index (χ4n) is 0.790. The van der Waals surface area contributed by atoms with Gasteiger partial charge in [0.05, 0.1) is 10.5 Å². The van der Waals surface area contributed by atoms with E-state index in [0.29, 0.717) is 0 Å². The topological polar surface area (TPSA) is 91.7 Å². The van der Waals surface area contributed by atoms with Crippen molar-refractivity contribution in [1.82, 2.24) is 0 Å². The largest absolute Gasteiger partial charge is 1.00 e. The summed E-state index contributed by atoms with van der Waals surface area (Å²) in [7, 11) is -4.32. The van der Waals surface area contributed by atoms with Crippen molar-refractivity contribution >= 4 is 16.1 Å². The maximum absolute atomic E-state index is 10.6. The standard InChI is InChI=1S/C7H6O5S.Li.H/c8-7(9)5-2-1-3-6(4-5)13(10,11)12;;/h1-4H,(H,8,9)(H,10,11,12);;/q;+1;-1. The number of benzene rings is 1. The molecule has 0 saturated heterocycles. The van der Waals surface area contributed by atoms with Gasteiger partial charge in [0.15, 0.2) is 0 Å². The monoisotopic (exact) mass is 210 g/mol. The minimum atomic E-state index is -4.32. The Morgan fingerprint density at radius 1 is 1.36 bits per heavy atom. The Labute approximate surface area is 94.2 Å². The molecule has 1 rings (SSSR count). The summed E-state index contributed by atoms with van der Waals surface area (Å²) in [5, 5.41) is 8.50. The van der Waals surface area contributed by atoms with Crippen LogP contribution in [0.1, 0.15) is 11.8 Å². The molecule has 0 spiro atoms. The maximum Gasteiger partial charge on any atom is 1.00 e. The molecule has 14 heavy (non-hydrogen) atoms. The van der Waals surface area contributed by atoms with Crippen LogP contribution in [-0.4, -0.2) is 24.0 Å². The number of hydrogen-bond acceptors (Lipinski definition) is 3. The predicted molar refractivity (Wildman–Crippen MR) is 44.3 cm³/mol. The van der Waals surface area contributed by atoms with Crippen LogP contribution < -0.4 is 18.9 Å². The summed E-state index contributed by atoms with van der Waals surface area (Å²) in [6.45, 7) is 0. The van der Waals surface area contributed by atoms with Crippen molar-refractivity contribution in [3.05, 3.63) is 29.8 Å². The Kier molecular flexibility index (Phi) is 4.35. The first-order chi connectivity index (χ1) is 5.91. The molecule has 0 bridgehead atoms. The summed E-state index contributed by atoms with van der Waals surface area (Å²) in [4.78, 5) is 9.98. The molecular weight excluding hydrogens is 203 g/mol. The summed E-state index contributed by atoms with van der Waals surface area (Å²) in [6, 6.07) is 4.48. The quantitative estimate of drug-likeness (QED) is 0.425. The molecule has 2 N–H and O–H groups in total. The smallest absolute Gasteiger partial charge is 1.00 e. The third kappa shape index (κ3) is 3.16. The van der Waals surface area contributed by atoms with Gasteiger partial charge in [0.25, 0.3) is 10.1 Å². The number of hydrogen-bond donors (Lipinski definition) is 2. The molecule has 0 aliphatic carbocycles. The molecule has 1 aromatic carbocycles. The van der Waals surface area contributed by atoms with E-state index < -0.39 is 21.0 Å². The molecule has 0 aliphatic heterocycles. The molecule has 0 saturated carbocycles. The van der Waals surface area contributed by atoms with E-state index in [0.717, 1.165) is 12.1 Å². The van der Waals surface area contributed by atoms with Gasteiger partial charge in [-0.05, 0) is 18.2 Å². The molecule has 0 radical (unpaired) electrons. The number of aromatic carboxylic acids is 1. The van der Waals surface area contributed by atoms with E-state index in [4.69, 9.17) is 9.66 Å². The van der Waals surface area contributed by atoms with E-state index in [1.807, 2.05) is 0 Å². The van der Waals surface area contributed by atoms with Crippen LogP contribution in [-0.2, 0) is 10.1 Å². The van der Waals surface area contributed by atoms with Crippen LogP contribution in [0.4, 0.5) is 0 Å². The number of carbonyl (C=O) groups is 1. The van der Waals surface area contributed by atoms with E-state index >= 15 is 0 Å². The molecule has 7 heteroatoms. The Bertz CT molecular complexity index is 444. The average molecular weight is 210 g/mol. The fraction of sp³-hybridized carbons (Fsp3) is 0. The van der Waals surface area contributed by atoms with Gasteiger partial charge in [0, 0.05) is 0 Å². The predicted octanol–water partition coefficient (Wildman–Crippen LogP) is -2.25. The Balaban J connectivity index is 0. The van der Waals surface area contributed by atoms with Gasteiger partial charge in [-0.3, -0.25) is 4.55 Å². The van der Waals surface area contributed by atoms with Crippen molar-refractivity contribution < 1.29 is 43.2 Å². The van der Waals surface area contributed by atoms with Gasteiger partial charge in [0.2, 0.25) is 0 Å². The molecule has 5 nitrogen and oxygen atoms in total. The van der Waals surface area contributed by atoms with Crippen molar-refractivity contribution in [2.24, 2.45) is 0 Å². The van der Waals surface area contributed by atoms with Crippen molar-refractivity contribution in [3.63, 3.8) is 0 Å². The minimum Gasteiger partial charge on any atom is -1.00 e. The summed E-state index contributed by atoms with van der Waals surface area (Å²) >= 11 is 0. The van der Waals surface area contributed by atoms with E-state index in [-0.39, 0.29) is 25.9 Å². The second kappa shape index (κ2) is 4.62. The molecule has 0 atom stereocenters. The molecule has 0 aromatic heterocycles. The summed E-state index contributed by atoms with van der Waals surface area (Å²) < 4.78 is 29.7. The van der Waals surface area contributed by atoms with Gasteiger partial charge in [-0.2, -0.15) is 8.42 Å². The van der Waals surface area contributed by atoms with E-state index in [9.17, 15) is 13.2 Å². The van der Waals surface area contributed by atoms with E-state index in [2.05, 4.69) is 0 Å². The van der Waals surface area contributed by atoms with E-state index in [1.165, 1.54) is 12.1 Å². The zero-order valence-electron chi connectivity index (χ0n) is 8.34. The third-order valence-electron chi connectivity index (χ3n) is 1.38. The SMILES string of the molecule is O=C(O)c1cccc(S(=O)(=O)O)c1.[H-].[Li+]. The Morgan fingerprint density at radius 2 is 1.93 bits per heavy atom. The van der Waals surface area contributed by atoms with Crippen LogP contribution in [0.5, 0.6) is 0 Å². The van der Waals surface area contributed by atoms with Crippen LogP contribution in [0.15, 0.2) is 29.2 Å². The zero-order chi connectivity index (χ0) is 10.1. The first-order valence-corrected chi connectivity index (χ1v) is 4.66. The number of carboxylic acid groups (broad SMARTS) is 1. The first kappa shape index (κ1) is 13.2. The van der Waals surface area contributed by atoms with Crippen LogP contribution in [0.2, 0.25) is 0 Å². The summed E-state index contributed by atoms with van der Waals surface area (Å²) in [5.74, 6) is -1.24. The second-order valence-corrected chi connectivity index (χ2v) is 3.73. The molecular formula is C7H7LiO5S. The molecule has 0 fully saturated rings. The molecule has 72 valence electrons. The van der Waals surface area contributed by atoms with Gasteiger partial charge in [0.1, 0.15) is 0 Å². The normalized spacial score (nSPS) is 10.4. The van der Waals surface area contributed by atoms with Crippen LogP contribution >= 0.6 is 0 Å². The Hall–Kier alpha value is -0.803. The van der Waals surface area contributed by atoms with Gasteiger partial charge in [-0.1, -0.05) is 6.07 Å². The number of carboxylic acids is 1. The summed E-state index contributed by atoms with van der Waals surface area (Å²) in [6.07, 6.45) is 0. The van der Waals surface area contributed by atoms with Crippen LogP contribution in [0, 0.1) is 0 Å². The van der Waals surface area contributed by atoms with Crippen molar-refractivity contribution in [3.8, 4) is 0 Å². The molecule has 0 heterocycles. The molecule has 0 aliphatic rings. The summed E-state index contributed by atoms with van der Waals surface area (Å²) in [5.41, 5.74) is -0.185. The Morgan fingerprint density at radius 3 is 2.36 bits per heavy atom. The maximum atomic E-state index is 10.6. The second-order valence-electron chi connectivity index (χ2n) is 2.31. The zero-order valence-corrected chi connectivity index (χ0v) is 8.15. The molecule has 0 amide bonds. The first-order valence-electron chi connectivity index (χ1n) is 3.22. The number of rotatable bonds is 2. The average Bonchev–Trinajstić information content (AvgIpc) is 2.03. The van der Waals surface area contributed by atoms with E-state index in [1.54, 1.807) is 0 Å². The van der Waals surface area contributed by atoms with Gasteiger partial charge >= 0.3 is 24.8 Å². The fourth-order valence-corrected chi connectivity index (χ4v) is 1.32. The van der Waals surface area contributed by atoms with Crippen molar-refractivity contribution in [2.45, 2.75) is 4.90 Å². The minimum absolute atomic E-state index is 0. The van der Waals surface area contributed by atoms with Crippen LogP contribution in [0.3, 0.4) is 0 Å². The molecule has 1 aromatic rings. The van der Waals surface area contributed by atoms with Crippen LogP contribution in [0.25, 0.3) is 0 Å². The van der Waals surface area contributed by atoms with Gasteiger partial charge in [-0.15, -0.1) is 0 Å². The van der Waals surface area contributed by atoms with Gasteiger partial charge < -0.3 is 6.53 Å². The van der Waals surface area contributed by atoms with Gasteiger partial charge in [-0.25, -0.2) is 4.79 Å². The third-order valence-corrected chi connectivity index (χ3v) is 2.23. The molecule has 0 unspecified atom stereocenters. The van der Waals surface area contributed by atoms with Crippen molar-refractivity contribution in [1.29, 1.82) is 0 Å². The van der Waals surface area contributed by atoms with Crippen molar-refractivity contribution in [2.75, 3.05) is 0 Å².